The predicted molar refractivity (Wildman–Crippen MR) is 107 cm³/mol. The minimum atomic E-state index is -1.21. The first-order chi connectivity index (χ1) is 14.3. The fourth-order valence-corrected chi connectivity index (χ4v) is 3.44. The third kappa shape index (κ3) is 3.60. The van der Waals surface area contributed by atoms with E-state index in [1.54, 1.807) is 22.9 Å². The van der Waals surface area contributed by atoms with Crippen LogP contribution in [0.15, 0.2) is 65.6 Å². The minimum Gasteiger partial charge on any atom is -0.384 e. The number of hydrogen-bond acceptors (Lipinski definition) is 3. The van der Waals surface area contributed by atoms with Gasteiger partial charge in [-0.1, -0.05) is 24.3 Å². The first kappa shape index (κ1) is 19.5. The fraction of sp³-hybridized carbons (Fsp3) is 0.0909. The molecule has 0 spiro atoms. The molecule has 0 aliphatic heterocycles. The largest absolute Gasteiger partial charge is 0.384 e. The molecule has 1 amide bonds. The molecule has 1 atom stereocenters. The Hall–Kier alpha value is -3.78. The monoisotopic (exact) mass is 409 g/mol. The van der Waals surface area contributed by atoms with Gasteiger partial charge in [0, 0.05) is 18.3 Å². The number of hydrogen-bond donors (Lipinski definition) is 3. The maximum absolute atomic E-state index is 13.3. The van der Waals surface area contributed by atoms with Crippen LogP contribution in [0.2, 0.25) is 0 Å². The summed E-state index contributed by atoms with van der Waals surface area (Å²) in [5, 5.41) is 11.0. The van der Waals surface area contributed by atoms with Crippen LogP contribution in [0.1, 0.15) is 33.3 Å². The maximum Gasteiger partial charge on any atom is 0.265 e. The first-order valence-corrected chi connectivity index (χ1v) is 9.07. The van der Waals surface area contributed by atoms with Crippen LogP contribution < -0.4 is 11.3 Å². The second-order valence-corrected chi connectivity index (χ2v) is 6.93. The lowest BCUT2D eigenvalue weighted by molar-refractivity contribution is 0.0995. The van der Waals surface area contributed by atoms with Crippen molar-refractivity contribution in [1.82, 2.24) is 9.55 Å². The number of nitrogens with zero attached hydrogens (tertiary/aromatic N) is 1. The van der Waals surface area contributed by atoms with Crippen LogP contribution in [0.25, 0.3) is 10.9 Å². The number of aliphatic hydroxyl groups is 1. The quantitative estimate of drug-likeness (QED) is 0.472. The van der Waals surface area contributed by atoms with Crippen molar-refractivity contribution in [2.45, 2.75) is 12.6 Å². The van der Waals surface area contributed by atoms with Crippen LogP contribution in [-0.2, 0) is 6.54 Å². The number of rotatable bonds is 5. The number of aromatic amines is 1. The molecule has 0 aliphatic carbocycles. The van der Waals surface area contributed by atoms with Crippen LogP contribution in [0.3, 0.4) is 0 Å². The number of fused-ring (bicyclic) bond motifs is 1. The van der Waals surface area contributed by atoms with Gasteiger partial charge in [0.2, 0.25) is 0 Å². The molecule has 2 heterocycles. The summed E-state index contributed by atoms with van der Waals surface area (Å²) in [4.78, 5) is 26.8. The van der Waals surface area contributed by atoms with E-state index >= 15 is 0 Å². The van der Waals surface area contributed by atoms with E-state index in [2.05, 4.69) is 4.98 Å². The average molecular weight is 409 g/mol. The number of aromatic nitrogens is 2. The summed E-state index contributed by atoms with van der Waals surface area (Å²) in [6, 6.07) is 12.5. The summed E-state index contributed by atoms with van der Waals surface area (Å²) in [6.07, 6.45) is 0.380. The van der Waals surface area contributed by atoms with Crippen molar-refractivity contribution in [2.75, 3.05) is 0 Å². The first-order valence-electron chi connectivity index (χ1n) is 9.07. The topological polar surface area (TPSA) is 101 Å². The van der Waals surface area contributed by atoms with E-state index in [1.165, 1.54) is 42.5 Å². The molecular formula is C22H17F2N3O3. The van der Waals surface area contributed by atoms with Gasteiger partial charge in [-0.3, -0.25) is 9.59 Å². The van der Waals surface area contributed by atoms with Crippen molar-refractivity contribution in [3.63, 3.8) is 0 Å². The molecule has 0 radical (unpaired) electrons. The Balaban J connectivity index is 1.89. The Morgan fingerprint density at radius 2 is 1.67 bits per heavy atom. The van der Waals surface area contributed by atoms with E-state index in [-0.39, 0.29) is 29.0 Å². The van der Waals surface area contributed by atoms with Crippen molar-refractivity contribution in [3.05, 3.63) is 105 Å². The molecule has 152 valence electrons. The Morgan fingerprint density at radius 1 is 1.07 bits per heavy atom. The molecule has 0 saturated heterocycles. The van der Waals surface area contributed by atoms with Gasteiger partial charge in [0.15, 0.2) is 0 Å². The van der Waals surface area contributed by atoms with E-state index in [1.807, 2.05) is 0 Å². The van der Waals surface area contributed by atoms with Gasteiger partial charge in [-0.05, 0) is 41.5 Å². The lowest BCUT2D eigenvalue weighted by Crippen LogP contribution is -2.19. The third-order valence-corrected chi connectivity index (χ3v) is 4.92. The lowest BCUT2D eigenvalue weighted by atomic mass is 10.0. The second kappa shape index (κ2) is 7.57. The number of aliphatic hydroxyl groups excluding tert-OH is 1. The third-order valence-electron chi connectivity index (χ3n) is 4.92. The highest BCUT2D eigenvalue weighted by Crippen LogP contribution is 2.29. The average Bonchev–Trinajstić information content (AvgIpc) is 3.08. The van der Waals surface area contributed by atoms with E-state index in [0.717, 1.165) is 5.56 Å². The molecule has 4 N–H and O–H groups in total. The number of primary amides is 1. The molecule has 4 aromatic rings. The molecule has 1 unspecified atom stereocenters. The summed E-state index contributed by atoms with van der Waals surface area (Å²) in [5.41, 5.74) is 6.47. The Bertz CT molecular complexity index is 1290. The summed E-state index contributed by atoms with van der Waals surface area (Å²) in [7, 11) is 0. The summed E-state index contributed by atoms with van der Waals surface area (Å²) in [5.74, 6) is -1.63. The molecule has 0 aliphatic rings. The van der Waals surface area contributed by atoms with Gasteiger partial charge in [0.1, 0.15) is 23.4 Å². The zero-order chi connectivity index (χ0) is 21.4. The number of pyridine rings is 1. The Labute approximate surface area is 169 Å². The number of amides is 1. The van der Waals surface area contributed by atoms with Crippen molar-refractivity contribution >= 4 is 16.8 Å². The number of nitrogens with two attached hydrogens (primary N) is 1. The van der Waals surface area contributed by atoms with Crippen LogP contribution >= 0.6 is 0 Å². The smallest absolute Gasteiger partial charge is 0.265 e. The Morgan fingerprint density at radius 3 is 2.27 bits per heavy atom. The van der Waals surface area contributed by atoms with E-state index in [4.69, 9.17) is 5.73 Å². The zero-order valence-electron chi connectivity index (χ0n) is 15.6. The van der Waals surface area contributed by atoms with Gasteiger partial charge in [0.25, 0.3) is 11.5 Å². The maximum atomic E-state index is 13.3. The van der Waals surface area contributed by atoms with Crippen molar-refractivity contribution < 1.29 is 18.7 Å². The highest BCUT2D eigenvalue weighted by atomic mass is 19.1. The zero-order valence-corrected chi connectivity index (χ0v) is 15.6. The molecular weight excluding hydrogens is 392 g/mol. The summed E-state index contributed by atoms with van der Waals surface area (Å²) >= 11 is 0. The van der Waals surface area contributed by atoms with Crippen molar-refractivity contribution in [2.24, 2.45) is 5.73 Å². The normalized spacial score (nSPS) is 12.2. The molecule has 8 heteroatoms. The molecule has 2 aromatic carbocycles. The number of benzene rings is 2. The molecule has 6 nitrogen and oxygen atoms in total. The van der Waals surface area contributed by atoms with Crippen LogP contribution in [-0.4, -0.2) is 20.6 Å². The van der Waals surface area contributed by atoms with Gasteiger partial charge in [0.05, 0.1) is 10.9 Å². The Kier molecular flexibility index (Phi) is 4.93. The number of H-pyrrole nitrogens is 1. The van der Waals surface area contributed by atoms with E-state index < -0.39 is 23.4 Å². The van der Waals surface area contributed by atoms with E-state index in [0.29, 0.717) is 11.1 Å². The number of carbonyl (C=O) groups is 1. The molecule has 2 aromatic heterocycles. The number of nitrogens with one attached hydrogen (secondary N) is 1. The van der Waals surface area contributed by atoms with Crippen molar-refractivity contribution in [1.29, 1.82) is 0 Å². The van der Waals surface area contributed by atoms with Gasteiger partial charge in [-0.25, -0.2) is 8.78 Å². The van der Waals surface area contributed by atoms with Gasteiger partial charge in [-0.15, -0.1) is 0 Å². The number of carbonyl (C=O) groups excluding carboxylic acids is 1. The molecule has 4 rings (SSSR count). The minimum absolute atomic E-state index is 0.0752. The van der Waals surface area contributed by atoms with E-state index in [9.17, 15) is 23.5 Å². The second-order valence-electron chi connectivity index (χ2n) is 6.93. The summed E-state index contributed by atoms with van der Waals surface area (Å²) < 4.78 is 28.2. The molecule has 0 bridgehead atoms. The van der Waals surface area contributed by atoms with Crippen LogP contribution in [0.5, 0.6) is 0 Å². The standard InChI is InChI=1S/C22H17F2N3O3/c23-14-5-1-12(2-6-14)10-27-11-16(20(28)13-3-7-15(24)8-4-13)19-18(27)9-17(21(25)29)26-22(19)30/h1-9,11,20,28H,10H2,(H2,25,29)(H,26,30). The molecule has 30 heavy (non-hydrogen) atoms. The molecule has 0 saturated carbocycles. The molecule has 0 fully saturated rings. The summed E-state index contributed by atoms with van der Waals surface area (Å²) in [6.45, 7) is 0.259. The van der Waals surface area contributed by atoms with Crippen molar-refractivity contribution in [3.8, 4) is 0 Å². The SMILES string of the molecule is NC(=O)c1cc2c(c(C(O)c3ccc(F)cc3)cn2Cc2ccc(F)cc2)c(=O)[nH]1. The van der Waals surface area contributed by atoms with Crippen LogP contribution in [0.4, 0.5) is 8.78 Å². The van der Waals surface area contributed by atoms with Gasteiger partial charge >= 0.3 is 0 Å². The fourth-order valence-electron chi connectivity index (χ4n) is 3.44. The highest BCUT2D eigenvalue weighted by molar-refractivity contribution is 5.95. The lowest BCUT2D eigenvalue weighted by Gasteiger charge is -2.10. The highest BCUT2D eigenvalue weighted by Gasteiger charge is 2.21. The predicted octanol–water partition coefficient (Wildman–Crippen LogP) is 2.84. The van der Waals surface area contributed by atoms with Crippen LogP contribution in [0, 0.1) is 11.6 Å². The number of halogens is 2. The van der Waals surface area contributed by atoms with Gasteiger partial charge in [-0.2, -0.15) is 0 Å². The van der Waals surface area contributed by atoms with Gasteiger partial charge < -0.3 is 20.4 Å².